The second-order valence-electron chi connectivity index (χ2n) is 6.91. The van der Waals surface area contributed by atoms with E-state index in [4.69, 9.17) is 4.74 Å². The Hall–Kier alpha value is -3.13. The van der Waals surface area contributed by atoms with E-state index in [1.54, 1.807) is 41.8 Å². The van der Waals surface area contributed by atoms with E-state index in [1.807, 2.05) is 25.1 Å². The van der Waals surface area contributed by atoms with Gasteiger partial charge in [-0.1, -0.05) is 42.5 Å². The van der Waals surface area contributed by atoms with Crippen molar-refractivity contribution in [3.8, 4) is 0 Å². The highest BCUT2D eigenvalue weighted by Crippen LogP contribution is 2.28. The lowest BCUT2D eigenvalue weighted by Gasteiger charge is -2.07. The molecule has 0 radical (unpaired) electrons. The first kappa shape index (κ1) is 21.6. The number of sulfone groups is 1. The van der Waals surface area contributed by atoms with Gasteiger partial charge in [0.05, 0.1) is 17.3 Å². The van der Waals surface area contributed by atoms with Gasteiger partial charge in [0, 0.05) is 17.1 Å². The highest BCUT2D eigenvalue weighted by atomic mass is 32.2. The Morgan fingerprint density at radius 3 is 2.50 bits per heavy atom. The molecule has 0 saturated heterocycles. The molecule has 1 amide bonds. The first-order valence-electron chi connectivity index (χ1n) is 9.59. The third-order valence-electron chi connectivity index (χ3n) is 4.74. The van der Waals surface area contributed by atoms with Crippen molar-refractivity contribution in [3.05, 3.63) is 65.9 Å². The van der Waals surface area contributed by atoms with Gasteiger partial charge in [0.1, 0.15) is 13.1 Å². The maximum Gasteiger partial charge on any atom is 0.325 e. The molecule has 0 saturated carbocycles. The van der Waals surface area contributed by atoms with Gasteiger partial charge in [0.2, 0.25) is 5.91 Å². The summed E-state index contributed by atoms with van der Waals surface area (Å²) in [6.07, 6.45) is 1.49. The van der Waals surface area contributed by atoms with Crippen molar-refractivity contribution in [1.29, 1.82) is 0 Å². The molecule has 8 heteroatoms. The number of nitrogens with zero attached hydrogens (tertiary/aromatic N) is 1. The highest BCUT2D eigenvalue weighted by molar-refractivity contribution is 7.90. The van der Waals surface area contributed by atoms with Crippen molar-refractivity contribution >= 4 is 32.6 Å². The molecule has 7 nitrogen and oxygen atoms in total. The molecular formula is C22H24N2O5S. The number of hydrogen-bond donors (Lipinski definition) is 1. The zero-order valence-electron chi connectivity index (χ0n) is 16.9. The molecule has 1 heterocycles. The fourth-order valence-corrected chi connectivity index (χ4v) is 4.92. The predicted molar refractivity (Wildman–Crippen MR) is 114 cm³/mol. The lowest BCUT2D eigenvalue weighted by molar-refractivity contribution is -0.143. The van der Waals surface area contributed by atoms with Crippen LogP contribution in [0.15, 0.2) is 59.6 Å². The predicted octanol–water partition coefficient (Wildman–Crippen LogP) is 2.60. The van der Waals surface area contributed by atoms with E-state index in [0.717, 1.165) is 11.1 Å². The molecule has 1 aromatic heterocycles. The molecule has 0 atom stereocenters. The number of rotatable bonds is 8. The van der Waals surface area contributed by atoms with Gasteiger partial charge in [0.25, 0.3) is 0 Å². The van der Waals surface area contributed by atoms with Crippen molar-refractivity contribution in [1.82, 2.24) is 9.88 Å². The monoisotopic (exact) mass is 428 g/mol. The molecule has 0 aliphatic rings. The number of carbonyl (C=O) groups is 2. The first-order valence-corrected chi connectivity index (χ1v) is 11.2. The Bertz CT molecular complexity index is 1180. The van der Waals surface area contributed by atoms with Crippen LogP contribution in [0.3, 0.4) is 0 Å². The van der Waals surface area contributed by atoms with Gasteiger partial charge in [-0.15, -0.1) is 0 Å². The fourth-order valence-electron chi connectivity index (χ4n) is 3.24. The van der Waals surface area contributed by atoms with Crippen LogP contribution in [0.2, 0.25) is 0 Å². The van der Waals surface area contributed by atoms with Gasteiger partial charge < -0.3 is 14.6 Å². The number of fused-ring (bicyclic) bond motifs is 1. The van der Waals surface area contributed by atoms with Crippen LogP contribution >= 0.6 is 0 Å². The van der Waals surface area contributed by atoms with Crippen LogP contribution in [-0.2, 0) is 36.5 Å². The summed E-state index contributed by atoms with van der Waals surface area (Å²) >= 11 is 0. The lowest BCUT2D eigenvalue weighted by atomic mass is 10.1. The van der Waals surface area contributed by atoms with Crippen molar-refractivity contribution in [2.75, 3.05) is 13.2 Å². The molecule has 0 spiro atoms. The summed E-state index contributed by atoms with van der Waals surface area (Å²) in [4.78, 5) is 23.9. The van der Waals surface area contributed by atoms with E-state index in [0.29, 0.717) is 10.9 Å². The molecule has 30 heavy (non-hydrogen) atoms. The molecule has 0 fully saturated rings. The number of aryl methyl sites for hydroxylation is 1. The van der Waals surface area contributed by atoms with Crippen LogP contribution in [-0.4, -0.2) is 38.0 Å². The van der Waals surface area contributed by atoms with Gasteiger partial charge >= 0.3 is 5.97 Å². The van der Waals surface area contributed by atoms with E-state index in [9.17, 15) is 18.0 Å². The fraction of sp³-hybridized carbons (Fsp3) is 0.273. The number of aromatic nitrogens is 1. The summed E-state index contributed by atoms with van der Waals surface area (Å²) in [5.74, 6) is -1.06. The molecule has 1 N–H and O–H groups in total. The standard InChI is InChI=1S/C22H24N2O5S/c1-3-29-22(26)12-23-21(25)14-24-13-20(18-10-6-7-11-19(18)24)30(27,28)15-17-9-5-4-8-16(17)2/h4-11,13H,3,12,14-15H2,1-2H3,(H,23,25). The van der Waals surface area contributed by atoms with Crippen LogP contribution in [0.5, 0.6) is 0 Å². The van der Waals surface area contributed by atoms with Gasteiger partial charge in [-0.25, -0.2) is 8.42 Å². The second kappa shape index (κ2) is 9.13. The summed E-state index contributed by atoms with van der Waals surface area (Å²) in [6, 6.07) is 14.4. The number of nitrogens with one attached hydrogen (secondary N) is 1. The molecule has 158 valence electrons. The van der Waals surface area contributed by atoms with Gasteiger partial charge in [-0.3, -0.25) is 9.59 Å². The third kappa shape index (κ3) is 4.88. The van der Waals surface area contributed by atoms with Gasteiger partial charge in [-0.2, -0.15) is 0 Å². The maximum absolute atomic E-state index is 13.2. The minimum Gasteiger partial charge on any atom is -0.465 e. The normalized spacial score (nSPS) is 11.4. The molecule has 2 aromatic carbocycles. The maximum atomic E-state index is 13.2. The minimum absolute atomic E-state index is 0.111. The van der Waals surface area contributed by atoms with E-state index in [1.165, 1.54) is 6.20 Å². The molecular weight excluding hydrogens is 404 g/mol. The SMILES string of the molecule is CCOC(=O)CNC(=O)Cn1cc(S(=O)(=O)Cc2ccccc2C)c2ccccc21. The van der Waals surface area contributed by atoms with Crippen LogP contribution in [0, 0.1) is 6.92 Å². The summed E-state index contributed by atoms with van der Waals surface area (Å²) in [5, 5.41) is 3.05. The molecule has 0 unspecified atom stereocenters. The molecule has 3 aromatic rings. The Morgan fingerprint density at radius 2 is 1.77 bits per heavy atom. The van der Waals surface area contributed by atoms with Crippen LogP contribution < -0.4 is 5.32 Å². The lowest BCUT2D eigenvalue weighted by Crippen LogP contribution is -2.33. The van der Waals surface area contributed by atoms with Crippen molar-refractivity contribution in [3.63, 3.8) is 0 Å². The van der Waals surface area contributed by atoms with Crippen molar-refractivity contribution < 1.29 is 22.7 Å². The Labute approximate surface area is 175 Å². The third-order valence-corrected chi connectivity index (χ3v) is 6.43. The Morgan fingerprint density at radius 1 is 1.07 bits per heavy atom. The quantitative estimate of drug-likeness (QED) is 0.557. The molecule has 0 aliphatic carbocycles. The van der Waals surface area contributed by atoms with E-state index < -0.39 is 21.7 Å². The average Bonchev–Trinajstić information content (AvgIpc) is 3.08. The number of benzene rings is 2. The second-order valence-corrected chi connectivity index (χ2v) is 8.86. The Balaban J connectivity index is 1.88. The summed E-state index contributed by atoms with van der Waals surface area (Å²) in [5.41, 5.74) is 2.27. The largest absolute Gasteiger partial charge is 0.465 e. The summed E-state index contributed by atoms with van der Waals surface area (Å²) in [6.45, 7) is 3.45. The van der Waals surface area contributed by atoms with Crippen molar-refractivity contribution in [2.24, 2.45) is 0 Å². The smallest absolute Gasteiger partial charge is 0.325 e. The topological polar surface area (TPSA) is 94.5 Å². The van der Waals surface area contributed by atoms with Crippen LogP contribution in [0.1, 0.15) is 18.1 Å². The zero-order chi connectivity index (χ0) is 21.7. The van der Waals surface area contributed by atoms with Crippen LogP contribution in [0.25, 0.3) is 10.9 Å². The zero-order valence-corrected chi connectivity index (χ0v) is 17.7. The number of ether oxygens (including phenoxy) is 1. The number of amides is 1. The molecule has 0 bridgehead atoms. The summed E-state index contributed by atoms with van der Waals surface area (Å²) < 4.78 is 32.7. The van der Waals surface area contributed by atoms with Gasteiger partial charge in [-0.05, 0) is 31.0 Å². The Kier molecular flexibility index (Phi) is 6.56. The minimum atomic E-state index is -3.64. The number of para-hydroxylation sites is 1. The van der Waals surface area contributed by atoms with Crippen molar-refractivity contribution in [2.45, 2.75) is 31.0 Å². The summed E-state index contributed by atoms with van der Waals surface area (Å²) in [7, 11) is -3.64. The highest BCUT2D eigenvalue weighted by Gasteiger charge is 2.23. The van der Waals surface area contributed by atoms with E-state index in [2.05, 4.69) is 5.32 Å². The van der Waals surface area contributed by atoms with E-state index in [-0.39, 0.29) is 30.3 Å². The number of carbonyl (C=O) groups excluding carboxylic acids is 2. The molecule has 0 aliphatic heterocycles. The number of esters is 1. The molecule has 3 rings (SSSR count). The van der Waals surface area contributed by atoms with Crippen LogP contribution in [0.4, 0.5) is 0 Å². The van der Waals surface area contributed by atoms with Gasteiger partial charge in [0.15, 0.2) is 9.84 Å². The average molecular weight is 429 g/mol. The first-order chi connectivity index (χ1) is 14.3. The van der Waals surface area contributed by atoms with E-state index >= 15 is 0 Å². The number of hydrogen-bond acceptors (Lipinski definition) is 5.